The molecule has 1 aliphatic heterocycles. The first-order valence-corrected chi connectivity index (χ1v) is 9.68. The topological polar surface area (TPSA) is 104 Å². The van der Waals surface area contributed by atoms with Gasteiger partial charge < -0.3 is 10.4 Å². The molecule has 1 amide bonds. The van der Waals surface area contributed by atoms with E-state index in [1.54, 1.807) is 37.3 Å². The number of benzene rings is 2. The summed E-state index contributed by atoms with van der Waals surface area (Å²) in [6.45, 7) is 3.26. The Morgan fingerprint density at radius 2 is 1.77 bits per heavy atom. The van der Waals surface area contributed by atoms with Crippen LogP contribution < -0.4 is 5.32 Å². The van der Waals surface area contributed by atoms with E-state index >= 15 is 0 Å². The minimum Gasteiger partial charge on any atom is -0.481 e. The molecule has 0 aromatic heterocycles. The normalized spacial score (nSPS) is 21.0. The Balaban J connectivity index is 2.08. The fourth-order valence-corrected chi connectivity index (χ4v) is 5.14. The molecule has 0 aliphatic carbocycles. The molecule has 0 bridgehead atoms. The number of carbonyl (C=O) groups excluding carboxylic acids is 1. The second-order valence-electron chi connectivity index (χ2n) is 6.58. The van der Waals surface area contributed by atoms with Crippen molar-refractivity contribution in [1.29, 1.82) is 0 Å². The van der Waals surface area contributed by atoms with Crippen LogP contribution in [0.15, 0.2) is 41.3 Å². The van der Waals surface area contributed by atoms with Crippen molar-refractivity contribution in [1.82, 2.24) is 4.31 Å². The second kappa shape index (κ2) is 6.69. The van der Waals surface area contributed by atoms with Crippen LogP contribution in [0.3, 0.4) is 0 Å². The number of carbonyl (C=O) groups is 2. The molecule has 2 aromatic rings. The van der Waals surface area contributed by atoms with Crippen LogP contribution >= 0.6 is 0 Å². The van der Waals surface area contributed by atoms with E-state index in [2.05, 4.69) is 5.32 Å². The summed E-state index contributed by atoms with van der Waals surface area (Å²) in [6, 6.07) is 9.94. The third kappa shape index (κ3) is 3.17. The number of carboxylic acids is 1. The number of anilines is 1. The van der Waals surface area contributed by atoms with Gasteiger partial charge in [0.05, 0.1) is 10.8 Å². The summed E-state index contributed by atoms with van der Waals surface area (Å²) in [5, 5.41) is 13.1. The first-order chi connectivity index (χ1) is 12.2. The molecule has 1 heterocycles. The van der Waals surface area contributed by atoms with Crippen LogP contribution in [0.25, 0.3) is 10.8 Å². The van der Waals surface area contributed by atoms with Gasteiger partial charge in [-0.1, -0.05) is 31.2 Å². The summed E-state index contributed by atoms with van der Waals surface area (Å²) in [6.07, 6.45) is 0. The molecule has 8 heteroatoms. The lowest BCUT2D eigenvalue weighted by atomic mass is 9.99. The zero-order valence-electron chi connectivity index (χ0n) is 14.5. The minimum atomic E-state index is -3.85. The molecule has 3 rings (SSSR count). The first kappa shape index (κ1) is 18.3. The first-order valence-electron chi connectivity index (χ1n) is 8.24. The molecule has 26 heavy (non-hydrogen) atoms. The molecule has 0 unspecified atom stereocenters. The largest absolute Gasteiger partial charge is 0.481 e. The Bertz CT molecular complexity index is 986. The number of hydrogen-bond donors (Lipinski definition) is 2. The smallest absolute Gasteiger partial charge is 0.308 e. The predicted octanol–water partition coefficient (Wildman–Crippen LogP) is 2.14. The number of hydrogen-bond acceptors (Lipinski definition) is 4. The lowest BCUT2D eigenvalue weighted by Crippen LogP contribution is -2.30. The van der Waals surface area contributed by atoms with Crippen LogP contribution in [-0.4, -0.2) is 42.8 Å². The lowest BCUT2D eigenvalue weighted by molar-refractivity contribution is -0.142. The standard InChI is InChI=1S/C18H20N2O5S/c1-11-9-20(10-15(11)18(22)23)26(24,25)17-8-7-16(19-12(2)21)13-5-3-4-6-14(13)17/h3-8,11,15H,9-10H2,1-2H3,(H,19,21)(H,22,23)/t11-,15-/m1/s1. The zero-order valence-corrected chi connectivity index (χ0v) is 15.3. The number of fused-ring (bicyclic) bond motifs is 1. The van der Waals surface area contributed by atoms with E-state index in [-0.39, 0.29) is 29.8 Å². The monoisotopic (exact) mass is 376 g/mol. The van der Waals surface area contributed by atoms with E-state index in [0.29, 0.717) is 16.5 Å². The highest BCUT2D eigenvalue weighted by molar-refractivity contribution is 7.89. The number of carboxylic acid groups (broad SMARTS) is 1. The summed E-state index contributed by atoms with van der Waals surface area (Å²) in [5.41, 5.74) is 0.533. The van der Waals surface area contributed by atoms with Gasteiger partial charge in [-0.15, -0.1) is 0 Å². The summed E-state index contributed by atoms with van der Waals surface area (Å²) in [4.78, 5) is 22.8. The Morgan fingerprint density at radius 3 is 2.35 bits per heavy atom. The molecule has 0 spiro atoms. The van der Waals surface area contributed by atoms with Crippen molar-refractivity contribution in [2.45, 2.75) is 18.7 Å². The van der Waals surface area contributed by atoms with E-state index in [1.165, 1.54) is 17.3 Å². The van der Waals surface area contributed by atoms with Crippen LogP contribution in [-0.2, 0) is 19.6 Å². The van der Waals surface area contributed by atoms with Gasteiger partial charge in [0, 0.05) is 36.5 Å². The van der Waals surface area contributed by atoms with Crippen molar-refractivity contribution < 1.29 is 23.1 Å². The highest BCUT2D eigenvalue weighted by Gasteiger charge is 2.41. The van der Waals surface area contributed by atoms with Crippen LogP contribution in [0.1, 0.15) is 13.8 Å². The number of nitrogens with one attached hydrogen (secondary N) is 1. The average Bonchev–Trinajstić information content (AvgIpc) is 2.97. The van der Waals surface area contributed by atoms with Gasteiger partial charge in [-0.25, -0.2) is 8.42 Å². The van der Waals surface area contributed by atoms with Crippen LogP contribution in [0.2, 0.25) is 0 Å². The molecule has 0 saturated carbocycles. The maximum absolute atomic E-state index is 13.1. The van der Waals surface area contributed by atoms with Gasteiger partial charge in [0.1, 0.15) is 0 Å². The number of nitrogens with zero attached hydrogens (tertiary/aromatic N) is 1. The molecular weight excluding hydrogens is 356 g/mol. The van der Waals surface area contributed by atoms with Crippen LogP contribution in [0, 0.1) is 11.8 Å². The SMILES string of the molecule is CC(=O)Nc1ccc(S(=O)(=O)N2C[C@@H](C)[C@H](C(=O)O)C2)c2ccccc12. The fourth-order valence-electron chi connectivity index (χ4n) is 3.37. The van der Waals surface area contributed by atoms with Gasteiger partial charge >= 0.3 is 5.97 Å². The maximum atomic E-state index is 13.1. The van der Waals surface area contributed by atoms with Gasteiger partial charge in [0.2, 0.25) is 15.9 Å². The molecule has 138 valence electrons. The van der Waals surface area contributed by atoms with Gasteiger partial charge in [0.15, 0.2) is 0 Å². The maximum Gasteiger partial charge on any atom is 0.308 e. The average molecular weight is 376 g/mol. The molecule has 7 nitrogen and oxygen atoms in total. The Labute approximate surface area is 151 Å². The highest BCUT2D eigenvalue weighted by atomic mass is 32.2. The molecular formula is C18H20N2O5S. The summed E-state index contributed by atoms with van der Waals surface area (Å²) in [5.74, 6) is -2.20. The molecule has 1 saturated heterocycles. The van der Waals surface area contributed by atoms with Crippen molar-refractivity contribution in [3.63, 3.8) is 0 Å². The highest BCUT2D eigenvalue weighted by Crippen LogP contribution is 2.34. The van der Waals surface area contributed by atoms with E-state index in [0.717, 1.165) is 0 Å². The molecule has 2 aromatic carbocycles. The molecule has 2 atom stereocenters. The van der Waals surface area contributed by atoms with Crippen molar-refractivity contribution in [2.24, 2.45) is 11.8 Å². The van der Waals surface area contributed by atoms with Gasteiger partial charge in [-0.2, -0.15) is 4.31 Å². The molecule has 2 N–H and O–H groups in total. The van der Waals surface area contributed by atoms with Crippen LogP contribution in [0.4, 0.5) is 5.69 Å². The molecule has 1 aliphatic rings. The summed E-state index contributed by atoms with van der Waals surface area (Å²) >= 11 is 0. The minimum absolute atomic E-state index is 0.0411. The number of amides is 1. The van der Waals surface area contributed by atoms with E-state index in [4.69, 9.17) is 0 Å². The Morgan fingerprint density at radius 1 is 1.12 bits per heavy atom. The van der Waals surface area contributed by atoms with Gasteiger partial charge in [-0.05, 0) is 18.1 Å². The third-order valence-electron chi connectivity index (χ3n) is 4.71. The van der Waals surface area contributed by atoms with E-state index in [9.17, 15) is 23.1 Å². The summed E-state index contributed by atoms with van der Waals surface area (Å²) in [7, 11) is -3.85. The lowest BCUT2D eigenvalue weighted by Gasteiger charge is -2.18. The molecule has 0 radical (unpaired) electrons. The zero-order chi connectivity index (χ0) is 19.1. The summed E-state index contributed by atoms with van der Waals surface area (Å²) < 4.78 is 27.5. The van der Waals surface area contributed by atoms with Crippen molar-refractivity contribution in [3.8, 4) is 0 Å². The second-order valence-corrected chi connectivity index (χ2v) is 8.49. The fraction of sp³-hybridized carbons (Fsp3) is 0.333. The molecule has 1 fully saturated rings. The number of aliphatic carboxylic acids is 1. The van der Waals surface area contributed by atoms with E-state index in [1.807, 2.05) is 0 Å². The van der Waals surface area contributed by atoms with Crippen molar-refractivity contribution >= 4 is 38.4 Å². The number of rotatable bonds is 4. The van der Waals surface area contributed by atoms with Gasteiger partial charge in [0.25, 0.3) is 0 Å². The van der Waals surface area contributed by atoms with E-state index < -0.39 is 21.9 Å². The van der Waals surface area contributed by atoms with Crippen molar-refractivity contribution in [3.05, 3.63) is 36.4 Å². The van der Waals surface area contributed by atoms with Crippen molar-refractivity contribution in [2.75, 3.05) is 18.4 Å². The third-order valence-corrected chi connectivity index (χ3v) is 6.60. The predicted molar refractivity (Wildman–Crippen MR) is 97.3 cm³/mol. The van der Waals surface area contributed by atoms with Gasteiger partial charge in [-0.3, -0.25) is 9.59 Å². The Kier molecular flexibility index (Phi) is 4.72. The van der Waals surface area contributed by atoms with Crippen LogP contribution in [0.5, 0.6) is 0 Å². The quantitative estimate of drug-likeness (QED) is 0.851. The number of sulfonamides is 1. The Hall–Kier alpha value is -2.45.